The summed E-state index contributed by atoms with van der Waals surface area (Å²) in [5, 5.41) is 12.1. The molecule has 5 nitrogen and oxygen atoms in total. The number of halogens is 1. The molecule has 1 aliphatic heterocycles. The third-order valence-electron chi connectivity index (χ3n) is 3.82. The van der Waals surface area contributed by atoms with Gasteiger partial charge in [-0.3, -0.25) is 4.79 Å². The lowest BCUT2D eigenvalue weighted by Gasteiger charge is -2.17. The van der Waals surface area contributed by atoms with Crippen LogP contribution in [0.15, 0.2) is 42.6 Å². The van der Waals surface area contributed by atoms with Crippen LogP contribution < -0.4 is 5.32 Å². The van der Waals surface area contributed by atoms with Crippen LogP contribution in [0.4, 0.5) is 10.2 Å². The molecule has 1 fully saturated rings. The smallest absolute Gasteiger partial charge is 0.245 e. The second-order valence-electron chi connectivity index (χ2n) is 5.38. The highest BCUT2D eigenvalue weighted by molar-refractivity contribution is 5.86. The topological polar surface area (TPSA) is 69.0 Å². The van der Waals surface area contributed by atoms with Crippen molar-refractivity contribution >= 4 is 11.7 Å². The molecule has 0 bridgehead atoms. The Morgan fingerprint density at radius 2 is 2.13 bits per heavy atom. The van der Waals surface area contributed by atoms with Crippen LogP contribution in [0.2, 0.25) is 0 Å². The number of likely N-dealkylation sites (tertiary alicyclic amines) is 1. The molecule has 1 aliphatic rings. The van der Waals surface area contributed by atoms with E-state index in [0.29, 0.717) is 30.9 Å². The van der Waals surface area contributed by atoms with Gasteiger partial charge in [0.15, 0.2) is 0 Å². The molecule has 1 amide bonds. The SMILES string of the molecule is N#Cc1cccnc1NC1CCN(Cc2ccc(F)cc2)C1=O. The molecule has 3 rings (SSSR count). The summed E-state index contributed by atoms with van der Waals surface area (Å²) in [6, 6.07) is 11.1. The van der Waals surface area contributed by atoms with Crippen molar-refractivity contribution in [3.05, 3.63) is 59.5 Å². The highest BCUT2D eigenvalue weighted by Gasteiger charge is 2.32. The fourth-order valence-electron chi connectivity index (χ4n) is 2.62. The van der Waals surface area contributed by atoms with Gasteiger partial charge in [0, 0.05) is 19.3 Å². The van der Waals surface area contributed by atoms with Crippen LogP contribution >= 0.6 is 0 Å². The number of amides is 1. The third kappa shape index (κ3) is 3.29. The van der Waals surface area contributed by atoms with E-state index in [0.717, 1.165) is 5.56 Å². The summed E-state index contributed by atoms with van der Waals surface area (Å²) >= 11 is 0. The monoisotopic (exact) mass is 310 g/mol. The Labute approximate surface area is 133 Å². The molecule has 0 saturated carbocycles. The fourth-order valence-corrected chi connectivity index (χ4v) is 2.62. The number of nitrogens with one attached hydrogen (secondary N) is 1. The van der Waals surface area contributed by atoms with Crippen molar-refractivity contribution in [1.29, 1.82) is 5.26 Å². The molecule has 1 aromatic carbocycles. The average molecular weight is 310 g/mol. The molecule has 6 heteroatoms. The van der Waals surface area contributed by atoms with E-state index >= 15 is 0 Å². The zero-order valence-corrected chi connectivity index (χ0v) is 12.4. The lowest BCUT2D eigenvalue weighted by Crippen LogP contribution is -2.33. The van der Waals surface area contributed by atoms with Crippen molar-refractivity contribution in [3.63, 3.8) is 0 Å². The number of benzene rings is 1. The molecule has 0 radical (unpaired) electrons. The number of aromatic nitrogens is 1. The van der Waals surface area contributed by atoms with Gasteiger partial charge in [0.1, 0.15) is 23.7 Å². The van der Waals surface area contributed by atoms with E-state index in [1.165, 1.54) is 12.1 Å². The maximum absolute atomic E-state index is 12.9. The number of hydrogen-bond donors (Lipinski definition) is 1. The largest absolute Gasteiger partial charge is 0.357 e. The van der Waals surface area contributed by atoms with Crippen LogP contribution in [0.3, 0.4) is 0 Å². The molecule has 0 spiro atoms. The Morgan fingerprint density at radius 3 is 2.87 bits per heavy atom. The van der Waals surface area contributed by atoms with E-state index in [1.54, 1.807) is 35.4 Å². The second kappa shape index (κ2) is 6.44. The number of anilines is 1. The van der Waals surface area contributed by atoms with Crippen LogP contribution in [0.25, 0.3) is 0 Å². The van der Waals surface area contributed by atoms with Crippen LogP contribution in [-0.2, 0) is 11.3 Å². The Morgan fingerprint density at radius 1 is 1.35 bits per heavy atom. The van der Waals surface area contributed by atoms with E-state index in [-0.39, 0.29) is 11.7 Å². The van der Waals surface area contributed by atoms with Gasteiger partial charge in [0.2, 0.25) is 5.91 Å². The summed E-state index contributed by atoms with van der Waals surface area (Å²) in [7, 11) is 0. The van der Waals surface area contributed by atoms with E-state index < -0.39 is 6.04 Å². The molecule has 1 unspecified atom stereocenters. The van der Waals surface area contributed by atoms with Crippen molar-refractivity contribution in [1.82, 2.24) is 9.88 Å². The maximum Gasteiger partial charge on any atom is 0.245 e. The number of hydrogen-bond acceptors (Lipinski definition) is 4. The number of carbonyl (C=O) groups excluding carboxylic acids is 1. The predicted molar refractivity (Wildman–Crippen MR) is 82.8 cm³/mol. The maximum atomic E-state index is 12.9. The molecular weight excluding hydrogens is 295 g/mol. The quantitative estimate of drug-likeness (QED) is 0.941. The van der Waals surface area contributed by atoms with Gasteiger partial charge in [-0.05, 0) is 36.2 Å². The summed E-state index contributed by atoms with van der Waals surface area (Å²) in [6.07, 6.45) is 2.22. The first-order valence-corrected chi connectivity index (χ1v) is 7.32. The molecule has 2 heterocycles. The summed E-state index contributed by atoms with van der Waals surface area (Å²) in [6.45, 7) is 1.06. The molecule has 23 heavy (non-hydrogen) atoms. The Hall–Kier alpha value is -2.94. The van der Waals surface area contributed by atoms with Gasteiger partial charge in [-0.15, -0.1) is 0 Å². The molecule has 1 aromatic heterocycles. The lowest BCUT2D eigenvalue weighted by atomic mass is 10.2. The normalized spacial score (nSPS) is 17.1. The first kappa shape index (κ1) is 15.0. The van der Waals surface area contributed by atoms with Crippen LogP contribution in [0.5, 0.6) is 0 Å². The van der Waals surface area contributed by atoms with Gasteiger partial charge in [-0.25, -0.2) is 9.37 Å². The Bertz CT molecular complexity index is 754. The first-order chi connectivity index (χ1) is 11.2. The van der Waals surface area contributed by atoms with Crippen LogP contribution in [0, 0.1) is 17.1 Å². The number of rotatable bonds is 4. The predicted octanol–water partition coefficient (Wildman–Crippen LogP) is 2.31. The molecule has 1 saturated heterocycles. The molecular formula is C17H15FN4O. The standard InChI is InChI=1S/C17H15FN4O/c18-14-5-3-12(4-6-14)11-22-9-7-15(17(22)23)21-16-13(10-19)2-1-8-20-16/h1-6,8,15H,7,9,11H2,(H,20,21). The Kier molecular flexibility index (Phi) is 4.20. The van der Waals surface area contributed by atoms with Crippen molar-refractivity contribution in [2.45, 2.75) is 19.0 Å². The summed E-state index contributed by atoms with van der Waals surface area (Å²) < 4.78 is 12.9. The minimum Gasteiger partial charge on any atom is -0.357 e. The van der Waals surface area contributed by atoms with Crippen molar-refractivity contribution < 1.29 is 9.18 Å². The number of nitriles is 1. The third-order valence-corrected chi connectivity index (χ3v) is 3.82. The van der Waals surface area contributed by atoms with E-state index in [2.05, 4.69) is 16.4 Å². The van der Waals surface area contributed by atoms with Gasteiger partial charge >= 0.3 is 0 Å². The van der Waals surface area contributed by atoms with Crippen LogP contribution in [-0.4, -0.2) is 28.4 Å². The van der Waals surface area contributed by atoms with Gasteiger partial charge in [0.25, 0.3) is 0 Å². The van der Waals surface area contributed by atoms with Gasteiger partial charge in [-0.2, -0.15) is 5.26 Å². The molecule has 0 aliphatic carbocycles. The molecule has 2 aromatic rings. The number of nitrogens with zero attached hydrogens (tertiary/aromatic N) is 3. The van der Waals surface area contributed by atoms with Crippen molar-refractivity contribution in [2.75, 3.05) is 11.9 Å². The zero-order valence-electron chi connectivity index (χ0n) is 12.4. The lowest BCUT2D eigenvalue weighted by molar-refractivity contribution is -0.128. The summed E-state index contributed by atoms with van der Waals surface area (Å²) in [5.74, 6) is 0.0982. The molecule has 1 N–H and O–H groups in total. The number of pyridine rings is 1. The highest BCUT2D eigenvalue weighted by Crippen LogP contribution is 2.20. The highest BCUT2D eigenvalue weighted by atomic mass is 19.1. The minimum absolute atomic E-state index is 0.0381. The Balaban J connectivity index is 1.67. The fraction of sp³-hybridized carbons (Fsp3) is 0.235. The van der Waals surface area contributed by atoms with E-state index in [4.69, 9.17) is 5.26 Å². The second-order valence-corrected chi connectivity index (χ2v) is 5.38. The zero-order chi connectivity index (χ0) is 16.2. The van der Waals surface area contributed by atoms with E-state index in [9.17, 15) is 9.18 Å². The first-order valence-electron chi connectivity index (χ1n) is 7.32. The van der Waals surface area contributed by atoms with Crippen molar-refractivity contribution in [3.8, 4) is 6.07 Å². The van der Waals surface area contributed by atoms with Crippen LogP contribution in [0.1, 0.15) is 17.5 Å². The van der Waals surface area contributed by atoms with Gasteiger partial charge in [0.05, 0.1) is 5.56 Å². The van der Waals surface area contributed by atoms with Gasteiger partial charge in [-0.1, -0.05) is 12.1 Å². The average Bonchev–Trinajstić information content (AvgIpc) is 2.91. The summed E-state index contributed by atoms with van der Waals surface area (Å²) in [4.78, 5) is 18.3. The van der Waals surface area contributed by atoms with Gasteiger partial charge < -0.3 is 10.2 Å². The number of carbonyl (C=O) groups is 1. The minimum atomic E-state index is -0.391. The summed E-state index contributed by atoms with van der Waals surface area (Å²) in [5.41, 5.74) is 1.30. The molecule has 116 valence electrons. The van der Waals surface area contributed by atoms with E-state index in [1.807, 2.05) is 0 Å². The molecule has 1 atom stereocenters. The van der Waals surface area contributed by atoms with Crippen molar-refractivity contribution in [2.24, 2.45) is 0 Å².